The predicted octanol–water partition coefficient (Wildman–Crippen LogP) is 0.628. The predicted molar refractivity (Wildman–Crippen MR) is 124 cm³/mol. The lowest BCUT2D eigenvalue weighted by molar-refractivity contribution is -0.0511. The highest BCUT2D eigenvalue weighted by Crippen LogP contribution is 2.32. The van der Waals surface area contributed by atoms with Crippen molar-refractivity contribution in [3.63, 3.8) is 0 Å². The first-order valence-corrected chi connectivity index (χ1v) is 10.5. The van der Waals surface area contributed by atoms with Gasteiger partial charge in [0.15, 0.2) is 17.7 Å². The fraction of sp³-hybridized carbons (Fsp3) is 0.273. The summed E-state index contributed by atoms with van der Waals surface area (Å²) in [5.74, 6) is 1.00. The Bertz CT molecular complexity index is 1370. The van der Waals surface area contributed by atoms with Crippen molar-refractivity contribution < 1.29 is 24.8 Å². The number of hydrogen-bond acceptors (Lipinski definition) is 11. The number of imidazole rings is 1. The number of nitrogens with one attached hydrogen (secondary N) is 1. The second-order valence-electron chi connectivity index (χ2n) is 7.83. The number of ether oxygens (including phenoxy) is 2. The molecule has 0 bridgehead atoms. The molecule has 6 N–H and O–H groups in total. The summed E-state index contributed by atoms with van der Waals surface area (Å²) in [7, 11) is 1.63. The topological polar surface area (TPSA) is 173 Å². The third kappa shape index (κ3) is 3.88. The largest absolute Gasteiger partial charge is 0.497 e. The quantitative estimate of drug-likeness (QED) is 0.201. The van der Waals surface area contributed by atoms with Crippen molar-refractivity contribution in [1.29, 1.82) is 0 Å². The van der Waals surface area contributed by atoms with Crippen molar-refractivity contribution >= 4 is 39.9 Å². The summed E-state index contributed by atoms with van der Waals surface area (Å²) >= 11 is 0. The number of nitrogens with zero attached hydrogens (tertiary/aromatic N) is 5. The van der Waals surface area contributed by atoms with Crippen LogP contribution in [0.5, 0.6) is 5.75 Å². The van der Waals surface area contributed by atoms with E-state index in [1.54, 1.807) is 13.3 Å². The first kappa shape index (κ1) is 22.0. The maximum absolute atomic E-state index is 10.3. The number of fused-ring (bicyclic) bond motifs is 2. The zero-order chi connectivity index (χ0) is 23.8. The Labute approximate surface area is 193 Å². The van der Waals surface area contributed by atoms with Gasteiger partial charge < -0.3 is 30.5 Å². The van der Waals surface area contributed by atoms with Crippen molar-refractivity contribution in [2.45, 2.75) is 24.5 Å². The Hall–Kier alpha value is -3.84. The molecule has 4 atom stereocenters. The number of rotatable bonds is 6. The van der Waals surface area contributed by atoms with Gasteiger partial charge in [0.2, 0.25) is 5.95 Å². The van der Waals surface area contributed by atoms with Gasteiger partial charge in [-0.1, -0.05) is 18.2 Å². The average molecular weight is 465 g/mol. The maximum atomic E-state index is 10.3. The number of hydrogen-bond donors (Lipinski definition) is 5. The molecule has 0 radical (unpaired) electrons. The highest BCUT2D eigenvalue weighted by atomic mass is 16.6. The molecule has 0 amide bonds. The summed E-state index contributed by atoms with van der Waals surface area (Å²) in [6, 6.07) is 11.7. The Kier molecular flexibility index (Phi) is 5.71. The average Bonchev–Trinajstić information content (AvgIpc) is 3.39. The Morgan fingerprint density at radius 3 is 2.74 bits per heavy atom. The van der Waals surface area contributed by atoms with Crippen LogP contribution in [0.25, 0.3) is 21.9 Å². The first-order chi connectivity index (χ1) is 16.5. The molecule has 1 saturated heterocycles. The number of nitrogens with two attached hydrogens (primary N) is 1. The van der Waals surface area contributed by atoms with Gasteiger partial charge in [0.25, 0.3) is 0 Å². The molecule has 0 saturated carbocycles. The lowest BCUT2D eigenvalue weighted by Crippen LogP contribution is -2.33. The summed E-state index contributed by atoms with van der Waals surface area (Å²) in [5.41, 5.74) is 10.2. The molecule has 2 aromatic heterocycles. The van der Waals surface area contributed by atoms with E-state index in [0.717, 1.165) is 22.1 Å². The minimum Gasteiger partial charge on any atom is -0.497 e. The van der Waals surface area contributed by atoms with Crippen LogP contribution >= 0.6 is 0 Å². The second-order valence-corrected chi connectivity index (χ2v) is 7.83. The number of benzene rings is 2. The van der Waals surface area contributed by atoms with Crippen molar-refractivity contribution in [2.24, 2.45) is 5.10 Å². The van der Waals surface area contributed by atoms with Crippen LogP contribution in [0.3, 0.4) is 0 Å². The SMILES string of the molecule is COc1ccc2cc(C=NNc3nc(N)c4ncn([C@@H]5O[C@H](CO)[C@@H](O)[C@H]5O)c4n3)ccc2c1. The van der Waals surface area contributed by atoms with Crippen molar-refractivity contribution in [3.8, 4) is 5.75 Å². The molecule has 176 valence electrons. The van der Waals surface area contributed by atoms with Gasteiger partial charge in [-0.25, -0.2) is 10.4 Å². The van der Waals surface area contributed by atoms with Gasteiger partial charge in [-0.3, -0.25) is 4.57 Å². The van der Waals surface area contributed by atoms with Crippen molar-refractivity contribution in [2.75, 3.05) is 24.9 Å². The van der Waals surface area contributed by atoms with Gasteiger partial charge in [0.1, 0.15) is 29.6 Å². The standard InChI is InChI=1S/C22H23N7O5/c1-33-14-5-4-12-6-11(2-3-13(12)7-14)8-25-28-22-26-19(23)16-20(27-22)29(10-24-16)21-18(32)17(31)15(9-30)34-21/h2-8,10,15,17-18,21,30-32H,9H2,1H3,(H3,23,26,27,28)/t15-,17-,18-,21-/m1/s1. The fourth-order valence-corrected chi connectivity index (χ4v) is 3.90. The summed E-state index contributed by atoms with van der Waals surface area (Å²) in [5, 5.41) is 36.0. The monoisotopic (exact) mass is 465 g/mol. The highest BCUT2D eigenvalue weighted by molar-refractivity contribution is 5.91. The van der Waals surface area contributed by atoms with Crippen molar-refractivity contribution in [1.82, 2.24) is 19.5 Å². The maximum Gasteiger partial charge on any atom is 0.247 e. The van der Waals surface area contributed by atoms with Crippen LogP contribution < -0.4 is 15.9 Å². The summed E-state index contributed by atoms with van der Waals surface area (Å²) in [6.45, 7) is -0.442. The van der Waals surface area contributed by atoms with E-state index < -0.39 is 31.1 Å². The minimum atomic E-state index is -1.28. The molecule has 5 rings (SSSR count). The van der Waals surface area contributed by atoms with E-state index in [2.05, 4.69) is 25.5 Å². The lowest BCUT2D eigenvalue weighted by Gasteiger charge is -2.16. The fourth-order valence-electron chi connectivity index (χ4n) is 3.90. The van der Waals surface area contributed by atoms with Crippen molar-refractivity contribution in [3.05, 3.63) is 48.3 Å². The first-order valence-electron chi connectivity index (χ1n) is 10.5. The lowest BCUT2D eigenvalue weighted by atomic mass is 10.1. The van der Waals surface area contributed by atoms with Gasteiger partial charge >= 0.3 is 0 Å². The Balaban J connectivity index is 1.39. The number of aliphatic hydroxyl groups excluding tert-OH is 3. The van der Waals surface area contributed by atoms with Crippen LogP contribution in [0.4, 0.5) is 11.8 Å². The van der Waals surface area contributed by atoms with E-state index in [0.29, 0.717) is 5.52 Å². The second kappa shape index (κ2) is 8.83. The van der Waals surface area contributed by atoms with E-state index in [1.807, 2.05) is 36.4 Å². The van der Waals surface area contributed by atoms with E-state index in [-0.39, 0.29) is 17.4 Å². The van der Waals surface area contributed by atoms with Gasteiger partial charge in [0.05, 0.1) is 26.3 Å². The Morgan fingerprint density at radius 2 is 1.97 bits per heavy atom. The Morgan fingerprint density at radius 1 is 1.18 bits per heavy atom. The third-order valence-electron chi connectivity index (χ3n) is 5.69. The molecular weight excluding hydrogens is 442 g/mol. The van der Waals surface area contributed by atoms with Crippen LogP contribution in [-0.4, -0.2) is 73.1 Å². The molecule has 1 aliphatic heterocycles. The molecule has 12 heteroatoms. The molecule has 1 fully saturated rings. The van der Waals surface area contributed by atoms with Gasteiger partial charge in [-0.2, -0.15) is 15.1 Å². The number of nitrogen functional groups attached to an aromatic ring is 1. The van der Waals surface area contributed by atoms with Crippen LogP contribution in [0.1, 0.15) is 11.8 Å². The third-order valence-corrected chi connectivity index (χ3v) is 5.69. The van der Waals surface area contributed by atoms with Crippen LogP contribution in [0.2, 0.25) is 0 Å². The number of methoxy groups -OCH3 is 1. The van der Waals surface area contributed by atoms with Crippen LogP contribution in [0, 0.1) is 0 Å². The smallest absolute Gasteiger partial charge is 0.247 e. The summed E-state index contributed by atoms with van der Waals surface area (Å²) in [6.07, 6.45) is -1.46. The van der Waals surface area contributed by atoms with Gasteiger partial charge in [-0.05, 0) is 34.5 Å². The molecule has 34 heavy (non-hydrogen) atoms. The van der Waals surface area contributed by atoms with E-state index in [1.165, 1.54) is 10.9 Å². The normalized spacial score (nSPS) is 22.7. The summed E-state index contributed by atoms with van der Waals surface area (Å²) in [4.78, 5) is 12.7. The highest BCUT2D eigenvalue weighted by Gasteiger charge is 2.44. The molecule has 4 aromatic rings. The van der Waals surface area contributed by atoms with Crippen LogP contribution in [-0.2, 0) is 4.74 Å². The zero-order valence-electron chi connectivity index (χ0n) is 18.1. The molecule has 3 heterocycles. The van der Waals surface area contributed by atoms with E-state index >= 15 is 0 Å². The molecule has 0 unspecified atom stereocenters. The zero-order valence-corrected chi connectivity index (χ0v) is 18.1. The summed E-state index contributed by atoms with van der Waals surface area (Å²) < 4.78 is 12.3. The molecule has 2 aromatic carbocycles. The van der Waals surface area contributed by atoms with E-state index in [9.17, 15) is 15.3 Å². The van der Waals surface area contributed by atoms with Crippen LogP contribution in [0.15, 0.2) is 47.8 Å². The number of aromatic nitrogens is 4. The molecular formula is C22H23N7O5. The molecule has 0 spiro atoms. The molecule has 12 nitrogen and oxygen atoms in total. The minimum absolute atomic E-state index is 0.104. The number of aliphatic hydroxyl groups is 3. The number of hydrazone groups is 1. The number of anilines is 2. The van der Waals surface area contributed by atoms with Gasteiger partial charge in [0, 0.05) is 0 Å². The van der Waals surface area contributed by atoms with Gasteiger partial charge in [-0.15, -0.1) is 0 Å². The van der Waals surface area contributed by atoms with E-state index in [4.69, 9.17) is 15.2 Å². The molecule has 0 aliphatic carbocycles. The molecule has 1 aliphatic rings.